The minimum absolute atomic E-state index is 0.00354. The van der Waals surface area contributed by atoms with E-state index in [1.165, 1.54) is 22.3 Å². The van der Waals surface area contributed by atoms with Crippen molar-refractivity contribution in [1.82, 2.24) is 0 Å². The molecule has 0 bridgehead atoms. The third kappa shape index (κ3) is 4.43. The molecule has 1 aliphatic carbocycles. The molecule has 1 aliphatic rings. The monoisotopic (exact) mass is 355 g/mol. The van der Waals surface area contributed by atoms with E-state index in [9.17, 15) is 9.90 Å². The first-order chi connectivity index (χ1) is 12.4. The van der Waals surface area contributed by atoms with Crippen LogP contribution in [0.5, 0.6) is 0 Å². The van der Waals surface area contributed by atoms with Gasteiger partial charge in [-0.1, -0.05) is 48.9 Å². The van der Waals surface area contributed by atoms with E-state index in [-0.39, 0.29) is 24.1 Å². The van der Waals surface area contributed by atoms with Gasteiger partial charge in [-0.2, -0.15) is 0 Å². The summed E-state index contributed by atoms with van der Waals surface area (Å²) in [4.78, 5) is 18.0. The van der Waals surface area contributed by atoms with Crippen molar-refractivity contribution in [3.8, 4) is 0 Å². The Bertz CT molecular complexity index is 736. The molecule has 140 valence electrons. The Labute approximate surface area is 156 Å². The summed E-state index contributed by atoms with van der Waals surface area (Å²) < 4.78 is 0. The Morgan fingerprint density at radius 1 is 1.31 bits per heavy atom. The number of aliphatic hydroxyl groups excluding tert-OH is 1. The van der Waals surface area contributed by atoms with E-state index in [1.807, 2.05) is 6.92 Å². The molecule has 0 aliphatic heterocycles. The van der Waals surface area contributed by atoms with E-state index in [1.54, 1.807) is 6.08 Å². The number of carbonyl (C=O) groups is 1. The van der Waals surface area contributed by atoms with Crippen molar-refractivity contribution in [2.45, 2.75) is 59.3 Å². The van der Waals surface area contributed by atoms with Gasteiger partial charge in [0.1, 0.15) is 12.4 Å². The molecule has 0 saturated carbocycles. The van der Waals surface area contributed by atoms with E-state index < -0.39 is 0 Å². The van der Waals surface area contributed by atoms with Crippen molar-refractivity contribution in [1.29, 1.82) is 0 Å². The predicted octanol–water partition coefficient (Wildman–Crippen LogP) is 5.23. The summed E-state index contributed by atoms with van der Waals surface area (Å²) in [6, 6.07) is 4.27. The molecule has 0 amide bonds. The molecule has 2 rings (SSSR count). The maximum Gasteiger partial charge on any atom is 0.168 e. The normalized spacial score (nSPS) is 18.2. The van der Waals surface area contributed by atoms with Gasteiger partial charge in [-0.25, -0.2) is 0 Å². The van der Waals surface area contributed by atoms with Crippen LogP contribution in [0, 0.1) is 20.8 Å². The summed E-state index contributed by atoms with van der Waals surface area (Å²) >= 11 is 0. The number of nitrogens with zero attached hydrogens (tertiary/aromatic N) is 1. The van der Waals surface area contributed by atoms with Crippen LogP contribution >= 0.6 is 0 Å². The number of aryl methyl sites for hydroxylation is 3. The fourth-order valence-corrected chi connectivity index (χ4v) is 3.88. The summed E-state index contributed by atoms with van der Waals surface area (Å²) in [5, 5.41) is 14.7. The summed E-state index contributed by atoms with van der Waals surface area (Å²) in [5.41, 5.74) is 5.61. The Morgan fingerprint density at radius 3 is 2.50 bits per heavy atom. The second-order valence-electron chi connectivity index (χ2n) is 7.03. The number of carbonyl (C=O) groups excluding carboxylic acids is 1. The molecule has 1 unspecified atom stereocenters. The van der Waals surface area contributed by atoms with Crippen molar-refractivity contribution < 1.29 is 14.7 Å². The lowest BCUT2D eigenvalue weighted by molar-refractivity contribution is -0.116. The topological polar surface area (TPSA) is 58.9 Å². The molecule has 0 aromatic heterocycles. The molecule has 0 heterocycles. The number of benzene rings is 1. The Hall–Kier alpha value is -2.36. The van der Waals surface area contributed by atoms with Crippen molar-refractivity contribution in [2.24, 2.45) is 5.16 Å². The first-order valence-electron chi connectivity index (χ1n) is 9.22. The third-order valence-corrected chi connectivity index (χ3v) is 4.73. The standard InChI is InChI=1S/C22H29NO3/c1-6-8-18(23-26-9-7-2)22-19(24)12-17(13-20(22)25)21-15(4)10-14(3)11-16(21)5/h7,10-11,17,24H,2,6,8-9,12-13H2,1,3-5H3/b23-18+. The molecule has 1 atom stereocenters. The molecule has 26 heavy (non-hydrogen) atoms. The predicted molar refractivity (Wildman–Crippen MR) is 106 cm³/mol. The minimum atomic E-state index is -0.0625. The molecule has 4 heteroatoms. The van der Waals surface area contributed by atoms with Crippen LogP contribution in [0.15, 0.2) is 41.3 Å². The number of aliphatic hydroxyl groups is 1. The second-order valence-corrected chi connectivity index (χ2v) is 7.03. The third-order valence-electron chi connectivity index (χ3n) is 4.73. The van der Waals surface area contributed by atoms with Crippen LogP contribution < -0.4 is 0 Å². The zero-order valence-corrected chi connectivity index (χ0v) is 16.3. The van der Waals surface area contributed by atoms with E-state index >= 15 is 0 Å². The van der Waals surface area contributed by atoms with E-state index in [0.29, 0.717) is 30.5 Å². The number of hydrogen-bond donors (Lipinski definition) is 1. The maximum atomic E-state index is 12.9. The van der Waals surface area contributed by atoms with Crippen molar-refractivity contribution in [2.75, 3.05) is 6.61 Å². The Morgan fingerprint density at radius 2 is 1.96 bits per heavy atom. The number of oxime groups is 1. The number of Topliss-reactive ketones (excluding diaryl/α,β-unsaturated/α-hetero) is 1. The number of ketones is 1. The summed E-state index contributed by atoms with van der Waals surface area (Å²) in [5.74, 6) is 0.0661. The second kappa shape index (κ2) is 8.84. The molecule has 0 radical (unpaired) electrons. The zero-order chi connectivity index (χ0) is 19.3. The Balaban J connectivity index is 2.36. The van der Waals surface area contributed by atoms with Gasteiger partial charge >= 0.3 is 0 Å². The van der Waals surface area contributed by atoms with Crippen LogP contribution in [0.1, 0.15) is 60.8 Å². The SMILES string of the molecule is C=CCO/N=C(\CCC)C1=C(O)CC(c2c(C)cc(C)cc2C)CC1=O. The van der Waals surface area contributed by atoms with Crippen molar-refractivity contribution in [3.63, 3.8) is 0 Å². The van der Waals surface area contributed by atoms with Crippen molar-refractivity contribution >= 4 is 11.5 Å². The smallest absolute Gasteiger partial charge is 0.168 e. The van der Waals surface area contributed by atoms with Gasteiger partial charge in [0.15, 0.2) is 5.78 Å². The first kappa shape index (κ1) is 20.0. The minimum Gasteiger partial charge on any atom is -0.511 e. The molecule has 1 aromatic carbocycles. The lowest BCUT2D eigenvalue weighted by Gasteiger charge is -2.27. The highest BCUT2D eigenvalue weighted by molar-refractivity contribution is 6.23. The maximum absolute atomic E-state index is 12.9. The number of hydrogen-bond acceptors (Lipinski definition) is 4. The molecular formula is C22H29NO3. The summed E-state index contributed by atoms with van der Waals surface area (Å²) in [7, 11) is 0. The molecule has 1 aromatic rings. The molecule has 4 nitrogen and oxygen atoms in total. The van der Waals surface area contributed by atoms with E-state index in [2.05, 4.69) is 44.6 Å². The van der Waals surface area contributed by atoms with Gasteiger partial charge in [-0.05, 0) is 49.8 Å². The molecule has 1 N–H and O–H groups in total. The van der Waals surface area contributed by atoms with Gasteiger partial charge in [0.2, 0.25) is 0 Å². The van der Waals surface area contributed by atoms with Gasteiger partial charge in [-0.3, -0.25) is 4.79 Å². The molecule has 0 fully saturated rings. The lowest BCUT2D eigenvalue weighted by Crippen LogP contribution is -2.24. The molecule has 0 saturated heterocycles. The first-order valence-corrected chi connectivity index (χ1v) is 9.22. The average molecular weight is 355 g/mol. The summed E-state index contributed by atoms with van der Waals surface area (Å²) in [6.07, 6.45) is 3.85. The molecule has 0 spiro atoms. The van der Waals surface area contributed by atoms with E-state index in [4.69, 9.17) is 4.84 Å². The van der Waals surface area contributed by atoms with Crippen LogP contribution in [0.4, 0.5) is 0 Å². The fraction of sp³-hybridized carbons (Fsp3) is 0.455. The van der Waals surface area contributed by atoms with Crippen LogP contribution in [-0.4, -0.2) is 23.2 Å². The van der Waals surface area contributed by atoms with Gasteiger partial charge in [-0.15, -0.1) is 0 Å². The van der Waals surface area contributed by atoms with Crippen LogP contribution in [0.3, 0.4) is 0 Å². The largest absolute Gasteiger partial charge is 0.511 e. The van der Waals surface area contributed by atoms with Crippen LogP contribution in [-0.2, 0) is 9.63 Å². The van der Waals surface area contributed by atoms with Gasteiger partial charge in [0.05, 0.1) is 11.3 Å². The number of allylic oxidation sites excluding steroid dienone is 2. The van der Waals surface area contributed by atoms with Gasteiger partial charge < -0.3 is 9.94 Å². The van der Waals surface area contributed by atoms with Crippen LogP contribution in [0.25, 0.3) is 0 Å². The van der Waals surface area contributed by atoms with Crippen LogP contribution in [0.2, 0.25) is 0 Å². The highest BCUT2D eigenvalue weighted by atomic mass is 16.6. The van der Waals surface area contributed by atoms with Gasteiger partial charge in [0.25, 0.3) is 0 Å². The lowest BCUT2D eigenvalue weighted by atomic mass is 9.77. The highest BCUT2D eigenvalue weighted by Crippen LogP contribution is 2.37. The quantitative estimate of drug-likeness (QED) is 0.315. The van der Waals surface area contributed by atoms with Crippen molar-refractivity contribution in [3.05, 3.63) is 58.4 Å². The van der Waals surface area contributed by atoms with E-state index in [0.717, 1.165) is 6.42 Å². The average Bonchev–Trinajstić information content (AvgIpc) is 2.53. The highest BCUT2D eigenvalue weighted by Gasteiger charge is 2.32. The Kier molecular flexibility index (Phi) is 6.78. The fourth-order valence-electron chi connectivity index (χ4n) is 3.88. The van der Waals surface area contributed by atoms with Gasteiger partial charge in [0, 0.05) is 12.8 Å². The molecular weight excluding hydrogens is 326 g/mol. The summed E-state index contributed by atoms with van der Waals surface area (Å²) in [6.45, 7) is 12.1. The number of rotatable bonds is 7. The zero-order valence-electron chi connectivity index (χ0n) is 16.3.